The second-order valence-corrected chi connectivity index (χ2v) is 7.71. The maximum Gasteiger partial charge on any atom is 0.243 e. The SMILES string of the molecule is Nc1ccc(-c2ccnc(N(CCCCCCCC(=O)NO)C3CC=CC=N3)c2)cc1. The number of dihydropyridines is 1. The molecule has 0 saturated carbocycles. The molecule has 0 aliphatic carbocycles. The van der Waals surface area contributed by atoms with E-state index < -0.39 is 0 Å². The number of hydrogen-bond acceptors (Lipinski definition) is 6. The number of anilines is 2. The third-order valence-electron chi connectivity index (χ3n) is 5.40. The molecule has 4 N–H and O–H groups in total. The number of aromatic nitrogens is 1. The first-order valence-corrected chi connectivity index (χ1v) is 10.9. The van der Waals surface area contributed by atoms with Gasteiger partial charge in [-0.15, -0.1) is 0 Å². The smallest absolute Gasteiger partial charge is 0.243 e. The van der Waals surface area contributed by atoms with Crippen molar-refractivity contribution >= 4 is 23.6 Å². The molecule has 1 aliphatic heterocycles. The quantitative estimate of drug-likeness (QED) is 0.217. The number of hydroxylamine groups is 1. The van der Waals surface area contributed by atoms with Gasteiger partial charge < -0.3 is 10.6 Å². The summed E-state index contributed by atoms with van der Waals surface area (Å²) < 4.78 is 0. The van der Waals surface area contributed by atoms with Gasteiger partial charge in [0, 0.05) is 37.5 Å². The van der Waals surface area contributed by atoms with E-state index in [-0.39, 0.29) is 12.1 Å². The predicted molar refractivity (Wildman–Crippen MR) is 125 cm³/mol. The van der Waals surface area contributed by atoms with Crippen molar-refractivity contribution in [2.24, 2.45) is 4.99 Å². The van der Waals surface area contributed by atoms with Crippen LogP contribution in [0.15, 0.2) is 59.7 Å². The van der Waals surface area contributed by atoms with Crippen LogP contribution in [0.5, 0.6) is 0 Å². The summed E-state index contributed by atoms with van der Waals surface area (Å²) in [6.45, 7) is 0.866. The van der Waals surface area contributed by atoms with Crippen LogP contribution in [0.1, 0.15) is 44.9 Å². The van der Waals surface area contributed by atoms with Gasteiger partial charge in [-0.25, -0.2) is 10.5 Å². The molecule has 0 radical (unpaired) electrons. The molecule has 1 aromatic heterocycles. The first kappa shape index (κ1) is 22.5. The summed E-state index contributed by atoms with van der Waals surface area (Å²) in [6.07, 6.45) is 14.0. The van der Waals surface area contributed by atoms with E-state index in [2.05, 4.69) is 27.0 Å². The normalized spacial score (nSPS) is 15.1. The summed E-state index contributed by atoms with van der Waals surface area (Å²) in [5.41, 5.74) is 10.5. The number of nitrogens with two attached hydrogens (primary N) is 1. The molecule has 1 atom stereocenters. The molecule has 0 saturated heterocycles. The molecule has 1 aromatic carbocycles. The topological polar surface area (TPSA) is 104 Å². The number of rotatable bonds is 11. The lowest BCUT2D eigenvalue weighted by Gasteiger charge is -2.31. The van der Waals surface area contributed by atoms with Crippen molar-refractivity contribution in [3.8, 4) is 11.1 Å². The van der Waals surface area contributed by atoms with Gasteiger partial charge in [-0.1, -0.05) is 37.5 Å². The van der Waals surface area contributed by atoms with Gasteiger partial charge in [-0.3, -0.25) is 15.0 Å². The first-order valence-electron chi connectivity index (χ1n) is 10.9. The van der Waals surface area contributed by atoms with Crippen LogP contribution in [-0.4, -0.2) is 35.0 Å². The first-order chi connectivity index (χ1) is 15.2. The highest BCUT2D eigenvalue weighted by molar-refractivity contribution is 5.74. The molecule has 1 amide bonds. The van der Waals surface area contributed by atoms with Gasteiger partial charge in [0.05, 0.1) is 0 Å². The fourth-order valence-corrected chi connectivity index (χ4v) is 3.68. The number of carbonyl (C=O) groups excluding carboxylic acids is 1. The number of carbonyl (C=O) groups is 1. The molecule has 3 rings (SSSR count). The Balaban J connectivity index is 1.62. The average Bonchev–Trinajstić information content (AvgIpc) is 2.82. The molecular weight excluding hydrogens is 390 g/mol. The number of allylic oxidation sites excluding steroid dienone is 1. The van der Waals surface area contributed by atoms with Gasteiger partial charge in [0.25, 0.3) is 0 Å². The van der Waals surface area contributed by atoms with Crippen molar-refractivity contribution < 1.29 is 10.0 Å². The summed E-state index contributed by atoms with van der Waals surface area (Å²) in [5.74, 6) is 0.604. The monoisotopic (exact) mass is 421 g/mol. The van der Waals surface area contributed by atoms with Crippen LogP contribution >= 0.6 is 0 Å². The fraction of sp³-hybridized carbons (Fsp3) is 0.375. The number of hydrogen-bond donors (Lipinski definition) is 3. The molecule has 2 aromatic rings. The Labute approximate surface area is 183 Å². The molecule has 1 unspecified atom stereocenters. The minimum Gasteiger partial charge on any atom is -0.399 e. The molecule has 0 bridgehead atoms. The van der Waals surface area contributed by atoms with Crippen molar-refractivity contribution in [1.29, 1.82) is 0 Å². The number of aliphatic imine (C=N–C) groups is 1. The van der Waals surface area contributed by atoms with Crippen LogP contribution < -0.4 is 16.1 Å². The maximum atomic E-state index is 11.1. The summed E-state index contributed by atoms with van der Waals surface area (Å²) in [7, 11) is 0. The molecule has 0 spiro atoms. The third-order valence-corrected chi connectivity index (χ3v) is 5.40. The van der Waals surface area contributed by atoms with Gasteiger partial charge >= 0.3 is 0 Å². The Hall–Kier alpha value is -3.19. The van der Waals surface area contributed by atoms with E-state index in [1.807, 2.05) is 48.8 Å². The minimum atomic E-state index is -0.318. The molecule has 0 fully saturated rings. The van der Waals surface area contributed by atoms with Crippen LogP contribution in [0.2, 0.25) is 0 Å². The van der Waals surface area contributed by atoms with Crippen molar-refractivity contribution in [2.45, 2.75) is 51.1 Å². The fourth-order valence-electron chi connectivity index (χ4n) is 3.68. The number of unbranched alkanes of at least 4 members (excludes halogenated alkanes) is 4. The summed E-state index contributed by atoms with van der Waals surface area (Å²) in [4.78, 5) is 22.7. The highest BCUT2D eigenvalue weighted by Crippen LogP contribution is 2.26. The number of nitrogens with zero attached hydrogens (tertiary/aromatic N) is 3. The van der Waals surface area contributed by atoms with Gasteiger partial charge in [0.2, 0.25) is 5.91 Å². The van der Waals surface area contributed by atoms with Crippen LogP contribution in [0.3, 0.4) is 0 Å². The highest BCUT2D eigenvalue weighted by atomic mass is 16.5. The zero-order valence-corrected chi connectivity index (χ0v) is 17.8. The molecule has 31 heavy (non-hydrogen) atoms. The Morgan fingerprint density at radius 3 is 2.61 bits per heavy atom. The molecular formula is C24H31N5O2. The maximum absolute atomic E-state index is 11.1. The number of amides is 1. The van der Waals surface area contributed by atoms with E-state index in [0.717, 1.165) is 67.7 Å². The van der Waals surface area contributed by atoms with Crippen LogP contribution in [0.4, 0.5) is 11.5 Å². The van der Waals surface area contributed by atoms with Gasteiger partial charge in [-0.2, -0.15) is 0 Å². The summed E-state index contributed by atoms with van der Waals surface area (Å²) >= 11 is 0. The standard InChI is InChI=1S/C24H31N5O2/c25-21-12-10-19(11-13-21)20-14-16-27-23(18-20)29(22-8-5-6-15-26-22)17-7-3-1-2-4-9-24(30)28-31/h5-6,10-16,18,22,31H,1-4,7-9,17,25H2,(H,28,30). The van der Waals surface area contributed by atoms with Crippen LogP contribution in [0.25, 0.3) is 11.1 Å². The van der Waals surface area contributed by atoms with E-state index in [1.54, 1.807) is 5.48 Å². The van der Waals surface area contributed by atoms with Gasteiger partial charge in [0.1, 0.15) is 12.0 Å². The Morgan fingerprint density at radius 1 is 1.10 bits per heavy atom. The third kappa shape index (κ3) is 6.93. The highest BCUT2D eigenvalue weighted by Gasteiger charge is 2.19. The number of pyridine rings is 1. The van der Waals surface area contributed by atoms with E-state index in [4.69, 9.17) is 10.9 Å². The Bertz CT molecular complexity index is 895. The number of nitrogens with one attached hydrogen (secondary N) is 1. The van der Waals surface area contributed by atoms with Crippen molar-refractivity contribution in [3.63, 3.8) is 0 Å². The molecule has 7 nitrogen and oxygen atoms in total. The van der Waals surface area contributed by atoms with Gasteiger partial charge in [-0.05, 0) is 54.3 Å². The Morgan fingerprint density at radius 2 is 1.87 bits per heavy atom. The van der Waals surface area contributed by atoms with Crippen LogP contribution in [-0.2, 0) is 4.79 Å². The Kier molecular flexibility index (Phi) is 8.60. The summed E-state index contributed by atoms with van der Waals surface area (Å²) in [6, 6.07) is 12.0. The van der Waals surface area contributed by atoms with Crippen LogP contribution in [0, 0.1) is 0 Å². The average molecular weight is 422 g/mol. The number of nitrogen functional groups attached to an aromatic ring is 1. The zero-order valence-electron chi connectivity index (χ0n) is 17.8. The lowest BCUT2D eigenvalue weighted by Crippen LogP contribution is -2.36. The van der Waals surface area contributed by atoms with Crippen molar-refractivity contribution in [3.05, 3.63) is 54.7 Å². The molecule has 2 heterocycles. The van der Waals surface area contributed by atoms with Crippen molar-refractivity contribution in [2.75, 3.05) is 17.2 Å². The molecule has 1 aliphatic rings. The lowest BCUT2D eigenvalue weighted by molar-refractivity contribution is -0.129. The number of benzene rings is 1. The van der Waals surface area contributed by atoms with E-state index in [0.29, 0.717) is 6.42 Å². The predicted octanol–water partition coefficient (Wildman–Crippen LogP) is 4.34. The summed E-state index contributed by atoms with van der Waals surface area (Å²) in [5, 5.41) is 8.54. The van der Waals surface area contributed by atoms with Crippen molar-refractivity contribution in [1.82, 2.24) is 10.5 Å². The second-order valence-electron chi connectivity index (χ2n) is 7.71. The largest absolute Gasteiger partial charge is 0.399 e. The van der Waals surface area contributed by atoms with E-state index in [9.17, 15) is 4.79 Å². The minimum absolute atomic E-state index is 0.0485. The second kappa shape index (κ2) is 11.9. The van der Waals surface area contributed by atoms with E-state index in [1.165, 1.54) is 0 Å². The lowest BCUT2D eigenvalue weighted by atomic mass is 10.1. The van der Waals surface area contributed by atoms with E-state index >= 15 is 0 Å². The zero-order chi connectivity index (χ0) is 21.9. The molecule has 164 valence electrons. The van der Waals surface area contributed by atoms with Gasteiger partial charge in [0.15, 0.2) is 0 Å². The molecule has 7 heteroatoms.